The minimum atomic E-state index is -4.47. The number of carbonyl (C=O) groups excluding carboxylic acids is 1. The molecule has 5 rings (SSSR count). The Hall–Kier alpha value is -4.00. The van der Waals surface area contributed by atoms with Gasteiger partial charge in [0.25, 0.3) is 0 Å². The van der Waals surface area contributed by atoms with Crippen molar-refractivity contribution in [1.29, 1.82) is 0 Å². The van der Waals surface area contributed by atoms with E-state index in [1.807, 2.05) is 30.3 Å². The molecule has 32 heavy (non-hydrogen) atoms. The van der Waals surface area contributed by atoms with Crippen molar-refractivity contribution in [3.63, 3.8) is 0 Å². The van der Waals surface area contributed by atoms with Crippen molar-refractivity contribution in [2.45, 2.75) is 12.8 Å². The van der Waals surface area contributed by atoms with Gasteiger partial charge in [-0.2, -0.15) is 13.2 Å². The molecule has 0 atom stereocenters. The van der Waals surface area contributed by atoms with E-state index in [1.54, 1.807) is 18.2 Å². The molecular weight excluding hydrogens is 417 g/mol. The number of fused-ring (bicyclic) bond motifs is 3. The number of ether oxygens (including phenoxy) is 1. The summed E-state index contributed by atoms with van der Waals surface area (Å²) in [4.78, 5) is 12.9. The molecule has 1 aliphatic rings. The maximum absolute atomic E-state index is 13.1. The van der Waals surface area contributed by atoms with E-state index in [0.29, 0.717) is 34.7 Å². The molecule has 0 bridgehead atoms. The first-order chi connectivity index (χ1) is 15.4. The van der Waals surface area contributed by atoms with Crippen LogP contribution in [0.5, 0.6) is 5.75 Å². The Labute approximate surface area is 181 Å². The maximum atomic E-state index is 13.1. The molecule has 0 saturated heterocycles. The first kappa shape index (κ1) is 19.9. The predicted molar refractivity (Wildman–Crippen MR) is 112 cm³/mol. The fourth-order valence-corrected chi connectivity index (χ4v) is 3.65. The van der Waals surface area contributed by atoms with Gasteiger partial charge in [0.1, 0.15) is 18.1 Å². The Balaban J connectivity index is 1.46. The van der Waals surface area contributed by atoms with Crippen LogP contribution >= 0.6 is 0 Å². The Morgan fingerprint density at radius 2 is 1.59 bits per heavy atom. The molecule has 7 heteroatoms. The van der Waals surface area contributed by atoms with Gasteiger partial charge in [-0.3, -0.25) is 4.79 Å². The molecule has 0 unspecified atom stereocenters. The third kappa shape index (κ3) is 3.62. The highest BCUT2D eigenvalue weighted by Crippen LogP contribution is 2.39. The summed E-state index contributed by atoms with van der Waals surface area (Å²) in [7, 11) is 0. The molecule has 0 amide bonds. The van der Waals surface area contributed by atoms with Crippen LogP contribution in [0, 0.1) is 0 Å². The summed E-state index contributed by atoms with van der Waals surface area (Å²) in [6, 6.07) is 21.1. The van der Waals surface area contributed by atoms with Gasteiger partial charge in [0.15, 0.2) is 5.78 Å². The van der Waals surface area contributed by atoms with Gasteiger partial charge in [0.2, 0.25) is 0 Å². The van der Waals surface area contributed by atoms with Crippen LogP contribution in [0.4, 0.5) is 13.2 Å². The average molecular weight is 432 g/mol. The van der Waals surface area contributed by atoms with Crippen LogP contribution in [0.25, 0.3) is 22.5 Å². The smallest absolute Gasteiger partial charge is 0.416 e. The molecule has 158 valence electrons. The normalized spacial score (nSPS) is 12.4. The first-order valence-electron chi connectivity index (χ1n) is 9.81. The molecule has 0 fully saturated rings. The molecule has 1 aliphatic carbocycles. The standard InChI is InChI=1S/C25H15F3N2O2/c26-25(27,28)17-8-4-7-16(11-17)22-13-21-23(30-29-22)20-12-18(9-10-19(20)24(21)31)32-14-15-5-2-1-3-6-15/h1-13H,14H2. The SMILES string of the molecule is O=C1c2ccc(OCc3ccccc3)cc2-c2nnc(-c3cccc(C(F)(F)F)c3)cc21. The monoisotopic (exact) mass is 432 g/mol. The Kier molecular flexibility index (Phi) is 4.74. The number of rotatable bonds is 4. The van der Waals surface area contributed by atoms with E-state index < -0.39 is 11.7 Å². The number of carbonyl (C=O) groups is 1. The maximum Gasteiger partial charge on any atom is 0.416 e. The second-order valence-corrected chi connectivity index (χ2v) is 7.38. The average Bonchev–Trinajstić information content (AvgIpc) is 3.09. The number of nitrogens with zero attached hydrogens (tertiary/aromatic N) is 2. The van der Waals surface area contributed by atoms with Gasteiger partial charge < -0.3 is 4.74 Å². The zero-order valence-corrected chi connectivity index (χ0v) is 16.6. The van der Waals surface area contributed by atoms with Crippen molar-refractivity contribution < 1.29 is 22.7 Å². The van der Waals surface area contributed by atoms with Crippen LogP contribution in [0.2, 0.25) is 0 Å². The van der Waals surface area contributed by atoms with Crippen LogP contribution < -0.4 is 4.74 Å². The summed E-state index contributed by atoms with van der Waals surface area (Å²) in [5, 5.41) is 8.26. The fourth-order valence-electron chi connectivity index (χ4n) is 3.65. The Bertz CT molecular complexity index is 1330. The highest BCUT2D eigenvalue weighted by atomic mass is 19.4. The van der Waals surface area contributed by atoms with Crippen molar-refractivity contribution in [2.24, 2.45) is 0 Å². The lowest BCUT2D eigenvalue weighted by Gasteiger charge is -2.09. The summed E-state index contributed by atoms with van der Waals surface area (Å²) in [6.45, 7) is 0.376. The summed E-state index contributed by atoms with van der Waals surface area (Å²) in [5.41, 5.74) is 2.43. The third-order valence-corrected chi connectivity index (χ3v) is 5.26. The first-order valence-corrected chi connectivity index (χ1v) is 9.81. The lowest BCUT2D eigenvalue weighted by Crippen LogP contribution is -2.05. The second kappa shape index (κ2) is 7.60. The van der Waals surface area contributed by atoms with Gasteiger partial charge in [-0.25, -0.2) is 0 Å². The highest BCUT2D eigenvalue weighted by molar-refractivity contribution is 6.21. The van der Waals surface area contributed by atoms with Crippen molar-refractivity contribution >= 4 is 5.78 Å². The van der Waals surface area contributed by atoms with E-state index >= 15 is 0 Å². The van der Waals surface area contributed by atoms with Gasteiger partial charge in [-0.1, -0.05) is 42.5 Å². The van der Waals surface area contributed by atoms with Crippen molar-refractivity contribution in [1.82, 2.24) is 10.2 Å². The van der Waals surface area contributed by atoms with E-state index in [-0.39, 0.29) is 17.0 Å². The summed E-state index contributed by atoms with van der Waals surface area (Å²) >= 11 is 0. The molecule has 0 aliphatic heterocycles. The minimum Gasteiger partial charge on any atom is -0.489 e. The van der Waals surface area contributed by atoms with E-state index in [9.17, 15) is 18.0 Å². The number of benzene rings is 3. The highest BCUT2D eigenvalue weighted by Gasteiger charge is 2.32. The second-order valence-electron chi connectivity index (χ2n) is 7.38. The molecule has 4 aromatic rings. The Morgan fingerprint density at radius 1 is 0.781 bits per heavy atom. The molecule has 1 aromatic heterocycles. The number of ketones is 1. The molecule has 1 heterocycles. The van der Waals surface area contributed by atoms with Crippen LogP contribution in [0.15, 0.2) is 78.9 Å². The topological polar surface area (TPSA) is 52.1 Å². The number of hydrogen-bond acceptors (Lipinski definition) is 4. The molecule has 3 aromatic carbocycles. The zero-order chi connectivity index (χ0) is 22.3. The minimum absolute atomic E-state index is 0.205. The van der Waals surface area contributed by atoms with Crippen molar-refractivity contribution in [3.8, 4) is 28.3 Å². The van der Waals surface area contributed by atoms with E-state index in [2.05, 4.69) is 10.2 Å². The van der Waals surface area contributed by atoms with Gasteiger partial charge in [0.05, 0.1) is 16.8 Å². The zero-order valence-electron chi connectivity index (χ0n) is 16.6. The number of aromatic nitrogens is 2. The van der Waals surface area contributed by atoms with Gasteiger partial charge in [-0.15, -0.1) is 10.2 Å². The van der Waals surface area contributed by atoms with Gasteiger partial charge in [-0.05, 0) is 42.0 Å². The van der Waals surface area contributed by atoms with E-state index in [0.717, 1.165) is 17.7 Å². The molecular formula is C25H15F3N2O2. The van der Waals surface area contributed by atoms with Crippen molar-refractivity contribution in [3.05, 3.63) is 101 Å². The number of alkyl halides is 3. The van der Waals surface area contributed by atoms with Crippen LogP contribution in [0.1, 0.15) is 27.0 Å². The van der Waals surface area contributed by atoms with E-state index in [1.165, 1.54) is 18.2 Å². The molecule has 0 saturated carbocycles. The van der Waals surface area contributed by atoms with Gasteiger partial charge >= 0.3 is 6.18 Å². The number of hydrogen-bond donors (Lipinski definition) is 0. The largest absolute Gasteiger partial charge is 0.489 e. The summed E-state index contributed by atoms with van der Waals surface area (Å²) in [5.74, 6) is 0.338. The number of halogens is 3. The van der Waals surface area contributed by atoms with E-state index in [4.69, 9.17) is 4.74 Å². The quantitative estimate of drug-likeness (QED) is 0.352. The van der Waals surface area contributed by atoms with Crippen LogP contribution in [-0.4, -0.2) is 16.0 Å². The summed E-state index contributed by atoms with van der Waals surface area (Å²) < 4.78 is 45.0. The Morgan fingerprint density at radius 3 is 2.38 bits per heavy atom. The lowest BCUT2D eigenvalue weighted by atomic mass is 10.1. The molecule has 0 spiro atoms. The van der Waals surface area contributed by atoms with Crippen LogP contribution in [0.3, 0.4) is 0 Å². The molecule has 0 radical (unpaired) electrons. The fraction of sp³-hybridized carbons (Fsp3) is 0.0800. The molecule has 4 nitrogen and oxygen atoms in total. The van der Waals surface area contributed by atoms with Crippen molar-refractivity contribution in [2.75, 3.05) is 0 Å². The van der Waals surface area contributed by atoms with Crippen LogP contribution in [-0.2, 0) is 12.8 Å². The lowest BCUT2D eigenvalue weighted by molar-refractivity contribution is -0.137. The summed E-state index contributed by atoms with van der Waals surface area (Å²) in [6.07, 6.45) is -4.47. The predicted octanol–water partition coefficient (Wildman–Crippen LogP) is 5.95. The molecule has 0 N–H and O–H groups in total. The third-order valence-electron chi connectivity index (χ3n) is 5.26. The van der Waals surface area contributed by atoms with Gasteiger partial charge in [0, 0.05) is 16.7 Å².